The van der Waals surface area contributed by atoms with Crippen molar-refractivity contribution in [2.45, 2.75) is 12.8 Å². The van der Waals surface area contributed by atoms with Crippen LogP contribution in [0, 0.1) is 5.82 Å². The zero-order chi connectivity index (χ0) is 11.1. The summed E-state index contributed by atoms with van der Waals surface area (Å²) in [6.07, 6.45) is 4.40. The lowest BCUT2D eigenvalue weighted by Crippen LogP contribution is -2.04. The standard InChI is InChI=1S/C11H17FN2S/c1-15-7-3-2-6-14-11-5-4-9(12)8-10(11)13/h4-5,8,14H,2-3,6-7,13H2,1H3. The summed E-state index contributed by atoms with van der Waals surface area (Å²) >= 11 is 1.85. The fourth-order valence-corrected chi connectivity index (χ4v) is 1.78. The molecule has 0 fully saturated rings. The van der Waals surface area contributed by atoms with Crippen molar-refractivity contribution in [3.05, 3.63) is 24.0 Å². The number of nitrogens with two attached hydrogens (primary N) is 1. The van der Waals surface area contributed by atoms with Crippen LogP contribution in [0.4, 0.5) is 15.8 Å². The van der Waals surface area contributed by atoms with Crippen LogP contribution in [-0.4, -0.2) is 18.6 Å². The summed E-state index contributed by atoms with van der Waals surface area (Å²) in [4.78, 5) is 0. The van der Waals surface area contributed by atoms with E-state index in [9.17, 15) is 4.39 Å². The average Bonchev–Trinajstić information content (AvgIpc) is 2.20. The van der Waals surface area contributed by atoms with E-state index in [1.807, 2.05) is 11.8 Å². The molecular weight excluding hydrogens is 211 g/mol. The van der Waals surface area contributed by atoms with Crippen molar-refractivity contribution < 1.29 is 4.39 Å². The minimum atomic E-state index is -0.291. The summed E-state index contributed by atoms with van der Waals surface area (Å²) in [5.41, 5.74) is 6.95. The highest BCUT2D eigenvalue weighted by Gasteiger charge is 1.99. The first kappa shape index (κ1) is 12.2. The van der Waals surface area contributed by atoms with E-state index in [0.717, 1.165) is 18.7 Å². The zero-order valence-corrected chi connectivity index (χ0v) is 9.74. The van der Waals surface area contributed by atoms with E-state index >= 15 is 0 Å². The van der Waals surface area contributed by atoms with Crippen LogP contribution in [0.15, 0.2) is 18.2 Å². The SMILES string of the molecule is CSCCCCNc1ccc(F)cc1N. The van der Waals surface area contributed by atoms with Gasteiger partial charge < -0.3 is 11.1 Å². The molecule has 0 saturated carbocycles. The third-order valence-corrected chi connectivity index (χ3v) is 2.80. The van der Waals surface area contributed by atoms with Crippen molar-refractivity contribution in [2.24, 2.45) is 0 Å². The second kappa shape index (κ2) is 6.56. The van der Waals surface area contributed by atoms with E-state index in [1.165, 1.54) is 24.3 Å². The molecule has 0 bridgehead atoms. The predicted octanol–water partition coefficient (Wildman–Crippen LogP) is 2.96. The van der Waals surface area contributed by atoms with Crippen molar-refractivity contribution in [3.8, 4) is 0 Å². The van der Waals surface area contributed by atoms with Crippen LogP contribution in [0.3, 0.4) is 0 Å². The predicted molar refractivity (Wildman–Crippen MR) is 66.9 cm³/mol. The molecule has 3 N–H and O–H groups in total. The second-order valence-corrected chi connectivity index (χ2v) is 4.34. The van der Waals surface area contributed by atoms with E-state index < -0.39 is 0 Å². The van der Waals surface area contributed by atoms with Crippen LogP contribution in [0.2, 0.25) is 0 Å². The molecule has 0 aromatic heterocycles. The highest BCUT2D eigenvalue weighted by atomic mass is 32.2. The quantitative estimate of drug-likeness (QED) is 0.580. The number of halogens is 1. The van der Waals surface area contributed by atoms with Gasteiger partial charge in [-0.2, -0.15) is 11.8 Å². The molecule has 84 valence electrons. The summed E-state index contributed by atoms with van der Waals surface area (Å²) in [6, 6.07) is 4.43. The second-order valence-electron chi connectivity index (χ2n) is 3.36. The van der Waals surface area contributed by atoms with Gasteiger partial charge >= 0.3 is 0 Å². The number of rotatable bonds is 6. The fourth-order valence-electron chi connectivity index (χ4n) is 1.29. The Labute approximate surface area is 94.4 Å². The van der Waals surface area contributed by atoms with Crippen LogP contribution in [-0.2, 0) is 0 Å². The molecule has 1 rings (SSSR count). The van der Waals surface area contributed by atoms with E-state index in [2.05, 4.69) is 11.6 Å². The van der Waals surface area contributed by atoms with E-state index in [0.29, 0.717) is 5.69 Å². The molecule has 1 aromatic carbocycles. The lowest BCUT2D eigenvalue weighted by atomic mass is 10.2. The van der Waals surface area contributed by atoms with Gasteiger partial charge in [-0.05, 0) is 43.0 Å². The first-order chi connectivity index (χ1) is 7.24. The van der Waals surface area contributed by atoms with Crippen molar-refractivity contribution in [2.75, 3.05) is 29.6 Å². The zero-order valence-electron chi connectivity index (χ0n) is 8.92. The van der Waals surface area contributed by atoms with Gasteiger partial charge in [-0.1, -0.05) is 0 Å². The summed E-state index contributed by atoms with van der Waals surface area (Å²) in [5, 5.41) is 3.20. The first-order valence-electron chi connectivity index (χ1n) is 5.02. The van der Waals surface area contributed by atoms with Gasteiger partial charge in [0.1, 0.15) is 5.82 Å². The number of nitrogens with one attached hydrogen (secondary N) is 1. The van der Waals surface area contributed by atoms with Gasteiger partial charge in [0.2, 0.25) is 0 Å². The van der Waals surface area contributed by atoms with Gasteiger partial charge in [0, 0.05) is 6.54 Å². The molecule has 0 aliphatic heterocycles. The lowest BCUT2D eigenvalue weighted by Gasteiger charge is -2.08. The number of anilines is 2. The molecule has 0 amide bonds. The Morgan fingerprint density at radius 3 is 2.87 bits per heavy atom. The van der Waals surface area contributed by atoms with Crippen LogP contribution < -0.4 is 11.1 Å². The topological polar surface area (TPSA) is 38.0 Å². The van der Waals surface area contributed by atoms with E-state index in [4.69, 9.17) is 5.73 Å². The molecule has 0 unspecified atom stereocenters. The van der Waals surface area contributed by atoms with Crippen molar-refractivity contribution in [1.82, 2.24) is 0 Å². The van der Waals surface area contributed by atoms with Gasteiger partial charge in [-0.25, -0.2) is 4.39 Å². The highest BCUT2D eigenvalue weighted by molar-refractivity contribution is 7.98. The van der Waals surface area contributed by atoms with Gasteiger partial charge in [0.05, 0.1) is 11.4 Å². The molecule has 0 radical (unpaired) electrons. The Hall–Kier alpha value is -0.900. The number of hydrogen-bond acceptors (Lipinski definition) is 3. The van der Waals surface area contributed by atoms with Gasteiger partial charge in [-0.15, -0.1) is 0 Å². The molecule has 0 spiro atoms. The van der Waals surface area contributed by atoms with Crippen LogP contribution in [0.1, 0.15) is 12.8 Å². The third kappa shape index (κ3) is 4.42. The summed E-state index contributed by atoms with van der Waals surface area (Å²) < 4.78 is 12.7. The minimum Gasteiger partial charge on any atom is -0.397 e. The maximum Gasteiger partial charge on any atom is 0.125 e. The molecule has 0 saturated heterocycles. The van der Waals surface area contributed by atoms with Crippen molar-refractivity contribution in [1.29, 1.82) is 0 Å². The number of hydrogen-bond donors (Lipinski definition) is 2. The molecule has 0 aliphatic carbocycles. The summed E-state index contributed by atoms with van der Waals surface area (Å²) in [5.74, 6) is 0.890. The van der Waals surface area contributed by atoms with Gasteiger partial charge in [-0.3, -0.25) is 0 Å². The monoisotopic (exact) mass is 228 g/mol. The molecule has 0 heterocycles. The lowest BCUT2D eigenvalue weighted by molar-refractivity contribution is 0.628. The van der Waals surface area contributed by atoms with Crippen LogP contribution >= 0.6 is 11.8 Å². The molecule has 0 atom stereocenters. The largest absolute Gasteiger partial charge is 0.397 e. The number of unbranched alkanes of at least 4 members (excludes halogenated alkanes) is 1. The van der Waals surface area contributed by atoms with E-state index in [-0.39, 0.29) is 5.82 Å². The van der Waals surface area contributed by atoms with Gasteiger partial charge in [0.25, 0.3) is 0 Å². The normalized spacial score (nSPS) is 10.3. The Balaban J connectivity index is 2.31. The molecule has 1 aromatic rings. The maximum absolute atomic E-state index is 12.7. The molecule has 2 nitrogen and oxygen atoms in total. The maximum atomic E-state index is 12.7. The Bertz CT molecular complexity index is 305. The molecular formula is C11H17FN2S. The highest BCUT2D eigenvalue weighted by Crippen LogP contribution is 2.18. The molecule has 0 aliphatic rings. The van der Waals surface area contributed by atoms with Gasteiger partial charge in [0.15, 0.2) is 0 Å². The van der Waals surface area contributed by atoms with Crippen LogP contribution in [0.5, 0.6) is 0 Å². The van der Waals surface area contributed by atoms with Crippen molar-refractivity contribution in [3.63, 3.8) is 0 Å². The smallest absolute Gasteiger partial charge is 0.125 e. The number of benzene rings is 1. The number of thioether (sulfide) groups is 1. The first-order valence-corrected chi connectivity index (χ1v) is 6.41. The van der Waals surface area contributed by atoms with Crippen molar-refractivity contribution >= 4 is 23.1 Å². The number of nitrogen functional groups attached to an aromatic ring is 1. The van der Waals surface area contributed by atoms with E-state index in [1.54, 1.807) is 6.07 Å². The van der Waals surface area contributed by atoms with Crippen LogP contribution in [0.25, 0.3) is 0 Å². The molecule has 15 heavy (non-hydrogen) atoms. The Kier molecular flexibility index (Phi) is 5.32. The summed E-state index contributed by atoms with van der Waals surface area (Å²) in [7, 11) is 0. The minimum absolute atomic E-state index is 0.291. The third-order valence-electron chi connectivity index (χ3n) is 2.10. The average molecular weight is 228 g/mol. The molecule has 4 heteroatoms. The Morgan fingerprint density at radius 2 is 2.20 bits per heavy atom. The summed E-state index contributed by atoms with van der Waals surface area (Å²) in [6.45, 7) is 0.885. The Morgan fingerprint density at radius 1 is 1.40 bits per heavy atom. The fraction of sp³-hybridized carbons (Fsp3) is 0.455.